The van der Waals surface area contributed by atoms with Gasteiger partial charge in [0.15, 0.2) is 0 Å². The van der Waals surface area contributed by atoms with Gasteiger partial charge in [0.1, 0.15) is 29.4 Å². The topological polar surface area (TPSA) is 65.0 Å². The van der Waals surface area contributed by atoms with Crippen molar-refractivity contribution in [3.8, 4) is 29.1 Å². The number of carbonyl (C=O) groups excluding carboxylic acids is 1. The van der Waals surface area contributed by atoms with Crippen LogP contribution in [0.5, 0.6) is 17.2 Å². The van der Waals surface area contributed by atoms with E-state index in [0.717, 1.165) is 16.7 Å². The van der Waals surface area contributed by atoms with Crippen LogP contribution in [0.2, 0.25) is 0 Å². The molecule has 3 rings (SSSR count). The summed E-state index contributed by atoms with van der Waals surface area (Å²) >= 11 is 0. The van der Waals surface area contributed by atoms with Crippen LogP contribution in [0.15, 0.2) is 24.3 Å². The summed E-state index contributed by atoms with van der Waals surface area (Å²) < 4.78 is 17.5. The second-order valence-corrected chi connectivity index (χ2v) is 9.69. The van der Waals surface area contributed by atoms with Crippen molar-refractivity contribution < 1.29 is 24.1 Å². The number of benzene rings is 2. The van der Waals surface area contributed by atoms with Crippen LogP contribution in [0.3, 0.4) is 0 Å². The first-order chi connectivity index (χ1) is 15.0. The van der Waals surface area contributed by atoms with Crippen LogP contribution in [0.25, 0.3) is 0 Å². The Morgan fingerprint density at radius 2 is 1.94 bits per heavy atom. The molecule has 0 radical (unpaired) electrons. The van der Waals surface area contributed by atoms with Crippen LogP contribution in [-0.2, 0) is 11.3 Å². The van der Waals surface area contributed by atoms with Crippen LogP contribution >= 0.6 is 0 Å². The molecule has 0 bridgehead atoms. The molecule has 1 heterocycles. The Kier molecular flexibility index (Phi) is 6.85. The number of hydrogen-bond donors (Lipinski definition) is 1. The predicted molar refractivity (Wildman–Crippen MR) is 124 cm³/mol. The number of aliphatic hydroxyl groups is 1. The molecule has 2 aromatic carbocycles. The smallest absolute Gasteiger partial charge is 0.346 e. The highest BCUT2D eigenvalue weighted by molar-refractivity contribution is 5.96. The second-order valence-electron chi connectivity index (χ2n) is 9.69. The number of hydrogen-bond acceptors (Lipinski definition) is 5. The number of esters is 1. The number of aryl methyl sites for hydroxylation is 1. The predicted octanol–water partition coefficient (Wildman–Crippen LogP) is 5.94. The third-order valence-electron chi connectivity index (χ3n) is 5.06. The molecule has 5 nitrogen and oxygen atoms in total. The number of cyclic esters (lactones) is 1. The van der Waals surface area contributed by atoms with E-state index in [4.69, 9.17) is 14.2 Å². The monoisotopic (exact) mass is 436 g/mol. The largest absolute Gasteiger partial charge is 0.495 e. The van der Waals surface area contributed by atoms with Crippen LogP contribution in [0.1, 0.15) is 79.8 Å². The molecular formula is C27H32O5. The van der Waals surface area contributed by atoms with E-state index in [1.165, 1.54) is 7.11 Å². The summed E-state index contributed by atoms with van der Waals surface area (Å²) in [4.78, 5) is 13.0. The van der Waals surface area contributed by atoms with Crippen molar-refractivity contribution >= 4 is 5.97 Å². The first-order valence-corrected chi connectivity index (χ1v) is 10.9. The minimum atomic E-state index is -0.767. The average Bonchev–Trinajstić information content (AvgIpc) is 2.69. The Bertz CT molecular complexity index is 1080. The normalized spacial score (nSPS) is 14.1. The van der Waals surface area contributed by atoms with Gasteiger partial charge in [-0.15, -0.1) is 0 Å². The second kappa shape index (κ2) is 9.26. The van der Waals surface area contributed by atoms with Gasteiger partial charge < -0.3 is 19.3 Å². The van der Waals surface area contributed by atoms with Crippen molar-refractivity contribution in [2.24, 2.45) is 11.3 Å². The number of ether oxygens (including phenoxy) is 3. The number of methoxy groups -OCH3 is 1. The fourth-order valence-electron chi connectivity index (χ4n) is 3.66. The molecule has 1 aliphatic heterocycles. The van der Waals surface area contributed by atoms with E-state index in [9.17, 15) is 9.90 Å². The highest BCUT2D eigenvalue weighted by Gasteiger charge is 2.29. The van der Waals surface area contributed by atoms with Gasteiger partial charge in [-0.2, -0.15) is 0 Å². The lowest BCUT2D eigenvalue weighted by atomic mass is 9.95. The van der Waals surface area contributed by atoms with Crippen LogP contribution in [0, 0.1) is 30.1 Å². The summed E-state index contributed by atoms with van der Waals surface area (Å²) in [6.45, 7) is 12.2. The van der Waals surface area contributed by atoms with Gasteiger partial charge in [-0.3, -0.25) is 0 Å². The van der Waals surface area contributed by atoms with E-state index < -0.39 is 12.1 Å². The van der Waals surface area contributed by atoms with Gasteiger partial charge in [0.05, 0.1) is 18.8 Å². The van der Waals surface area contributed by atoms with Crippen molar-refractivity contribution in [3.63, 3.8) is 0 Å². The highest BCUT2D eigenvalue weighted by atomic mass is 16.5. The van der Waals surface area contributed by atoms with E-state index in [0.29, 0.717) is 23.5 Å². The Morgan fingerprint density at radius 3 is 2.56 bits per heavy atom. The molecule has 2 aromatic rings. The van der Waals surface area contributed by atoms with Crippen molar-refractivity contribution in [2.75, 3.05) is 7.11 Å². The van der Waals surface area contributed by atoms with Gasteiger partial charge in [-0.25, -0.2) is 4.79 Å². The lowest BCUT2D eigenvalue weighted by molar-refractivity contribution is 0.0454. The van der Waals surface area contributed by atoms with Crippen LogP contribution in [-0.4, -0.2) is 18.2 Å². The molecule has 0 amide bonds. The molecule has 0 aliphatic carbocycles. The van der Waals surface area contributed by atoms with E-state index in [1.807, 2.05) is 53.7 Å². The van der Waals surface area contributed by atoms with E-state index in [1.54, 1.807) is 12.1 Å². The summed E-state index contributed by atoms with van der Waals surface area (Å²) in [5.74, 6) is 7.38. The van der Waals surface area contributed by atoms with Crippen LogP contribution in [0.4, 0.5) is 0 Å². The Labute approximate surface area is 190 Å². The van der Waals surface area contributed by atoms with Crippen LogP contribution < -0.4 is 9.47 Å². The molecular weight excluding hydrogens is 404 g/mol. The average molecular weight is 437 g/mol. The zero-order valence-electron chi connectivity index (χ0n) is 20.0. The Hall–Kier alpha value is -2.97. The molecule has 0 aromatic heterocycles. The maximum atomic E-state index is 13.0. The number of aliphatic hydroxyl groups excluding tert-OH is 1. The van der Waals surface area contributed by atoms with E-state index in [2.05, 4.69) is 11.8 Å². The summed E-state index contributed by atoms with van der Waals surface area (Å²) in [7, 11) is 1.48. The van der Waals surface area contributed by atoms with Crippen molar-refractivity contribution in [2.45, 2.75) is 60.7 Å². The number of rotatable bonds is 4. The molecule has 1 unspecified atom stereocenters. The SMILES string of the molecule is COc1c(C(O)CC(C)C)ccc2c1C(=O)OCc1cc(C)cc(C#CC(C)(C)C)c1O2. The van der Waals surface area contributed by atoms with Gasteiger partial charge in [0.2, 0.25) is 0 Å². The lowest BCUT2D eigenvalue weighted by Crippen LogP contribution is -2.15. The van der Waals surface area contributed by atoms with Crippen molar-refractivity contribution in [1.29, 1.82) is 0 Å². The standard InChI is InChI=1S/C27H32O5/c1-16(2)12-21(28)20-8-9-22-23(25(20)30-7)26(29)31-15-19-14-17(3)13-18(24(19)32-22)10-11-27(4,5)6/h8-9,13-14,16,21,28H,12,15H2,1-7H3. The summed E-state index contributed by atoms with van der Waals surface area (Å²) in [6, 6.07) is 7.34. The summed E-state index contributed by atoms with van der Waals surface area (Å²) in [5.41, 5.74) is 3.04. The molecule has 0 saturated carbocycles. The van der Waals surface area contributed by atoms with E-state index >= 15 is 0 Å². The molecule has 5 heteroatoms. The third-order valence-corrected chi connectivity index (χ3v) is 5.06. The minimum absolute atomic E-state index is 0.0570. The molecule has 1 aliphatic rings. The molecule has 0 fully saturated rings. The summed E-state index contributed by atoms with van der Waals surface area (Å²) in [6.07, 6.45) is -0.226. The lowest BCUT2D eigenvalue weighted by Gasteiger charge is -2.24. The first-order valence-electron chi connectivity index (χ1n) is 10.9. The Balaban J connectivity index is 2.17. The minimum Gasteiger partial charge on any atom is -0.495 e. The van der Waals surface area contributed by atoms with Gasteiger partial charge in [0.25, 0.3) is 0 Å². The highest BCUT2D eigenvalue weighted by Crippen LogP contribution is 2.42. The third kappa shape index (κ3) is 5.26. The van der Waals surface area contributed by atoms with Gasteiger partial charge in [0, 0.05) is 16.5 Å². The maximum absolute atomic E-state index is 13.0. The number of carbonyl (C=O) groups is 1. The fraction of sp³-hybridized carbons (Fsp3) is 0.444. The number of fused-ring (bicyclic) bond motifs is 2. The van der Waals surface area contributed by atoms with Gasteiger partial charge in [-0.1, -0.05) is 25.7 Å². The molecule has 0 spiro atoms. The molecule has 0 saturated heterocycles. The molecule has 32 heavy (non-hydrogen) atoms. The summed E-state index contributed by atoms with van der Waals surface area (Å²) in [5, 5.41) is 10.7. The molecule has 1 atom stereocenters. The van der Waals surface area contributed by atoms with E-state index in [-0.39, 0.29) is 29.3 Å². The zero-order chi connectivity index (χ0) is 23.6. The van der Waals surface area contributed by atoms with Crippen molar-refractivity contribution in [1.82, 2.24) is 0 Å². The molecule has 1 N–H and O–H groups in total. The maximum Gasteiger partial charge on any atom is 0.346 e. The fourth-order valence-corrected chi connectivity index (χ4v) is 3.66. The quantitative estimate of drug-likeness (QED) is 0.474. The Morgan fingerprint density at radius 1 is 1.22 bits per heavy atom. The van der Waals surface area contributed by atoms with Crippen molar-refractivity contribution in [3.05, 3.63) is 52.1 Å². The first kappa shape index (κ1) is 23.7. The zero-order valence-corrected chi connectivity index (χ0v) is 20.0. The van der Waals surface area contributed by atoms with Gasteiger partial charge in [-0.05, 0) is 69.9 Å². The van der Waals surface area contributed by atoms with Gasteiger partial charge >= 0.3 is 5.97 Å². The molecule has 170 valence electrons.